The summed E-state index contributed by atoms with van der Waals surface area (Å²) in [6.45, 7) is 6.52. The van der Waals surface area contributed by atoms with E-state index in [9.17, 15) is 9.59 Å². The second-order valence-electron chi connectivity index (χ2n) is 7.26. The summed E-state index contributed by atoms with van der Waals surface area (Å²) < 4.78 is 6.64. The number of carbonyl (C=O) groups excluding carboxylic acids is 2. The molecule has 0 aliphatic carbocycles. The van der Waals surface area contributed by atoms with Crippen LogP contribution in [-0.4, -0.2) is 40.3 Å². The molecular formula is C21H22N4O3. The lowest BCUT2D eigenvalue weighted by Crippen LogP contribution is -2.29. The van der Waals surface area contributed by atoms with Gasteiger partial charge in [-0.05, 0) is 57.0 Å². The Hall–Kier alpha value is -3.22. The first kappa shape index (κ1) is 18.2. The molecule has 0 atom stereocenters. The van der Waals surface area contributed by atoms with Crippen LogP contribution in [0.3, 0.4) is 0 Å². The molecule has 7 nitrogen and oxygen atoms in total. The van der Waals surface area contributed by atoms with Crippen LogP contribution < -0.4 is 4.90 Å². The van der Waals surface area contributed by atoms with E-state index < -0.39 is 0 Å². The van der Waals surface area contributed by atoms with E-state index in [0.29, 0.717) is 29.8 Å². The van der Waals surface area contributed by atoms with Crippen molar-refractivity contribution in [1.29, 1.82) is 0 Å². The fourth-order valence-corrected chi connectivity index (χ4v) is 3.66. The molecule has 0 saturated heterocycles. The van der Waals surface area contributed by atoms with Crippen LogP contribution in [0.5, 0.6) is 0 Å². The molecule has 0 radical (unpaired) electrons. The van der Waals surface area contributed by atoms with Gasteiger partial charge in [-0.3, -0.25) is 4.79 Å². The highest BCUT2D eigenvalue weighted by molar-refractivity contribution is 6.09. The van der Waals surface area contributed by atoms with E-state index in [1.807, 2.05) is 37.6 Å². The molecule has 0 unspecified atom stereocenters. The van der Waals surface area contributed by atoms with Gasteiger partial charge in [0.05, 0.1) is 30.1 Å². The van der Waals surface area contributed by atoms with Crippen LogP contribution >= 0.6 is 0 Å². The molecule has 1 aromatic carbocycles. The fraction of sp³-hybridized carbons (Fsp3) is 0.333. The average Bonchev–Trinajstić information content (AvgIpc) is 3.29. The van der Waals surface area contributed by atoms with Crippen molar-refractivity contribution in [3.05, 3.63) is 52.8 Å². The molecule has 0 spiro atoms. The number of fused-ring (bicyclic) bond motifs is 2. The number of rotatable bonds is 3. The van der Waals surface area contributed by atoms with Crippen LogP contribution in [0.15, 0.2) is 30.5 Å². The molecule has 0 saturated carbocycles. The predicted octanol–water partition coefficient (Wildman–Crippen LogP) is 3.31. The minimum atomic E-state index is -0.375. The van der Waals surface area contributed by atoms with Crippen molar-refractivity contribution in [3.8, 4) is 0 Å². The first-order valence-electron chi connectivity index (χ1n) is 9.28. The van der Waals surface area contributed by atoms with E-state index in [-0.39, 0.29) is 17.9 Å². The summed E-state index contributed by atoms with van der Waals surface area (Å²) in [6.07, 6.45) is 2.45. The normalized spacial score (nSPS) is 13.2. The van der Waals surface area contributed by atoms with Gasteiger partial charge in [-0.2, -0.15) is 5.10 Å². The van der Waals surface area contributed by atoms with Gasteiger partial charge in [-0.25, -0.2) is 14.5 Å². The molecule has 2 aromatic heterocycles. The van der Waals surface area contributed by atoms with Crippen LogP contribution in [0.25, 0.3) is 11.0 Å². The summed E-state index contributed by atoms with van der Waals surface area (Å²) in [7, 11) is 1.36. The molecule has 7 heteroatoms. The largest absolute Gasteiger partial charge is 0.465 e. The van der Waals surface area contributed by atoms with Crippen LogP contribution in [-0.2, 0) is 11.2 Å². The lowest BCUT2D eigenvalue weighted by atomic mass is 10.1. The molecule has 0 fully saturated rings. The first-order valence-corrected chi connectivity index (χ1v) is 9.28. The topological polar surface area (TPSA) is 77.3 Å². The number of ether oxygens (including phenoxy) is 1. The number of benzene rings is 1. The number of esters is 1. The van der Waals surface area contributed by atoms with Crippen molar-refractivity contribution in [3.63, 3.8) is 0 Å². The van der Waals surface area contributed by atoms with Crippen LogP contribution in [0.2, 0.25) is 0 Å². The van der Waals surface area contributed by atoms with Gasteiger partial charge in [-0.15, -0.1) is 0 Å². The number of anilines is 1. The molecule has 0 bridgehead atoms. The smallest absolute Gasteiger partial charge is 0.337 e. The van der Waals surface area contributed by atoms with Gasteiger partial charge < -0.3 is 9.64 Å². The minimum absolute atomic E-state index is 0.0891. The van der Waals surface area contributed by atoms with E-state index in [1.54, 1.807) is 23.2 Å². The quantitative estimate of drug-likeness (QED) is 0.654. The molecule has 4 rings (SSSR count). The maximum atomic E-state index is 13.3. The van der Waals surface area contributed by atoms with Crippen LogP contribution in [0, 0.1) is 6.92 Å². The number of aromatic nitrogens is 3. The Morgan fingerprint density at radius 2 is 2.00 bits per heavy atom. The molecule has 1 amide bonds. The highest BCUT2D eigenvalue weighted by Gasteiger charge is 2.28. The van der Waals surface area contributed by atoms with E-state index in [0.717, 1.165) is 22.3 Å². The Labute approximate surface area is 162 Å². The Morgan fingerprint density at radius 1 is 1.21 bits per heavy atom. The molecule has 3 heterocycles. The van der Waals surface area contributed by atoms with Gasteiger partial charge in [0.1, 0.15) is 0 Å². The van der Waals surface area contributed by atoms with E-state index in [4.69, 9.17) is 4.74 Å². The van der Waals surface area contributed by atoms with Gasteiger partial charge in [0, 0.05) is 23.7 Å². The average molecular weight is 378 g/mol. The third-order valence-corrected chi connectivity index (χ3v) is 5.12. The highest BCUT2D eigenvalue weighted by Crippen LogP contribution is 2.31. The van der Waals surface area contributed by atoms with Crippen molar-refractivity contribution in [1.82, 2.24) is 14.8 Å². The molecule has 0 N–H and O–H groups in total. The molecular weight excluding hydrogens is 356 g/mol. The maximum absolute atomic E-state index is 13.3. The number of hydrogen-bond donors (Lipinski definition) is 0. The zero-order chi connectivity index (χ0) is 20.0. The standard InChI is InChI=1S/C21H22N4O3/c1-12(2)25-19-16(11-22-25)10-17(13(3)23-19)20(26)24-8-7-14-9-15(21(27)28-4)5-6-18(14)24/h5-6,9-12H,7-8H2,1-4H3. The Bertz CT molecular complexity index is 1100. The van der Waals surface area contributed by atoms with Gasteiger partial charge in [-0.1, -0.05) is 0 Å². The van der Waals surface area contributed by atoms with Crippen LogP contribution in [0.1, 0.15) is 51.9 Å². The van der Waals surface area contributed by atoms with E-state index in [1.165, 1.54) is 7.11 Å². The SMILES string of the molecule is COC(=O)c1ccc2c(c1)CCN2C(=O)c1cc2cnn(C(C)C)c2nc1C. The predicted molar refractivity (Wildman–Crippen MR) is 106 cm³/mol. The summed E-state index contributed by atoms with van der Waals surface area (Å²) in [6, 6.07) is 7.37. The van der Waals surface area contributed by atoms with Crippen molar-refractivity contribution in [2.45, 2.75) is 33.2 Å². The Kier molecular flexibility index (Phi) is 4.37. The minimum Gasteiger partial charge on any atom is -0.465 e. The van der Waals surface area contributed by atoms with Crippen molar-refractivity contribution >= 4 is 28.6 Å². The van der Waals surface area contributed by atoms with Crippen molar-refractivity contribution in [2.75, 3.05) is 18.6 Å². The molecule has 3 aromatic rings. The third-order valence-electron chi connectivity index (χ3n) is 5.12. The number of hydrogen-bond acceptors (Lipinski definition) is 5. The number of nitrogens with zero attached hydrogens (tertiary/aromatic N) is 4. The Balaban J connectivity index is 1.70. The van der Waals surface area contributed by atoms with Crippen LogP contribution in [0.4, 0.5) is 5.69 Å². The summed E-state index contributed by atoms with van der Waals surface area (Å²) in [5, 5.41) is 5.24. The molecule has 144 valence electrons. The van der Waals surface area contributed by atoms with Gasteiger partial charge in [0.15, 0.2) is 5.65 Å². The number of carbonyl (C=O) groups is 2. The molecule has 1 aliphatic rings. The third kappa shape index (κ3) is 2.83. The summed E-state index contributed by atoms with van der Waals surface area (Å²) in [5.41, 5.74) is 4.33. The van der Waals surface area contributed by atoms with Crippen molar-refractivity contribution in [2.24, 2.45) is 0 Å². The number of aryl methyl sites for hydroxylation is 1. The molecule has 28 heavy (non-hydrogen) atoms. The second kappa shape index (κ2) is 6.74. The maximum Gasteiger partial charge on any atom is 0.337 e. The van der Waals surface area contributed by atoms with E-state index >= 15 is 0 Å². The summed E-state index contributed by atoms with van der Waals surface area (Å²) in [4.78, 5) is 31.4. The van der Waals surface area contributed by atoms with Crippen molar-refractivity contribution < 1.29 is 14.3 Å². The fourth-order valence-electron chi connectivity index (χ4n) is 3.66. The number of amides is 1. The van der Waals surface area contributed by atoms with Gasteiger partial charge in [0.2, 0.25) is 0 Å². The number of pyridine rings is 1. The van der Waals surface area contributed by atoms with Gasteiger partial charge in [0.25, 0.3) is 5.91 Å². The second-order valence-corrected chi connectivity index (χ2v) is 7.26. The summed E-state index contributed by atoms with van der Waals surface area (Å²) in [5.74, 6) is -0.464. The first-order chi connectivity index (χ1) is 13.4. The summed E-state index contributed by atoms with van der Waals surface area (Å²) >= 11 is 0. The van der Waals surface area contributed by atoms with Gasteiger partial charge >= 0.3 is 5.97 Å². The lowest BCUT2D eigenvalue weighted by molar-refractivity contribution is 0.0600. The lowest BCUT2D eigenvalue weighted by Gasteiger charge is -2.19. The zero-order valence-corrected chi connectivity index (χ0v) is 16.4. The number of methoxy groups -OCH3 is 1. The highest BCUT2D eigenvalue weighted by atomic mass is 16.5. The van der Waals surface area contributed by atoms with E-state index in [2.05, 4.69) is 10.1 Å². The zero-order valence-electron chi connectivity index (χ0n) is 16.4. The Morgan fingerprint density at radius 3 is 2.71 bits per heavy atom. The monoisotopic (exact) mass is 378 g/mol. The molecule has 1 aliphatic heterocycles.